The van der Waals surface area contributed by atoms with Gasteiger partial charge in [-0.15, -0.1) is 0 Å². The normalized spacial score (nSPS) is 15.2. The van der Waals surface area contributed by atoms with E-state index in [1.807, 2.05) is 6.20 Å². The van der Waals surface area contributed by atoms with Crippen molar-refractivity contribution in [3.05, 3.63) is 29.8 Å². The van der Waals surface area contributed by atoms with E-state index >= 15 is 0 Å². The molecule has 6 heteroatoms. The van der Waals surface area contributed by atoms with E-state index in [0.717, 1.165) is 29.7 Å². The maximum absolute atomic E-state index is 9.85. The zero-order valence-electron chi connectivity index (χ0n) is 12.1. The molecule has 0 saturated heterocycles. The van der Waals surface area contributed by atoms with Gasteiger partial charge in [-0.1, -0.05) is 11.6 Å². The van der Waals surface area contributed by atoms with Gasteiger partial charge in [-0.3, -0.25) is 4.68 Å². The summed E-state index contributed by atoms with van der Waals surface area (Å²) in [6.07, 6.45) is 7.77. The quantitative estimate of drug-likeness (QED) is 0.863. The average molecular weight is 308 g/mol. The minimum absolute atomic E-state index is 0.286. The van der Waals surface area contributed by atoms with Crippen molar-refractivity contribution in [1.82, 2.24) is 14.8 Å². The molecule has 0 aromatic carbocycles. The van der Waals surface area contributed by atoms with Gasteiger partial charge in [0, 0.05) is 29.6 Å². The topological polar surface area (TPSA) is 60.2 Å². The fourth-order valence-corrected chi connectivity index (χ4v) is 2.23. The van der Waals surface area contributed by atoms with Gasteiger partial charge in [-0.25, -0.2) is 4.98 Å². The van der Waals surface area contributed by atoms with E-state index in [9.17, 15) is 5.11 Å². The number of aromatic nitrogens is 3. The zero-order chi connectivity index (χ0) is 15.0. The first-order chi connectivity index (χ1) is 9.90. The van der Waals surface area contributed by atoms with Crippen molar-refractivity contribution in [2.24, 2.45) is 0 Å². The number of ether oxygens (including phenoxy) is 1. The highest BCUT2D eigenvalue weighted by molar-refractivity contribution is 6.29. The Morgan fingerprint density at radius 1 is 1.43 bits per heavy atom. The van der Waals surface area contributed by atoms with Gasteiger partial charge in [0.2, 0.25) is 0 Å². The van der Waals surface area contributed by atoms with Crippen LogP contribution in [0.5, 0.6) is 5.75 Å². The zero-order valence-corrected chi connectivity index (χ0v) is 12.8. The molecule has 3 rings (SSSR count). The van der Waals surface area contributed by atoms with Gasteiger partial charge >= 0.3 is 0 Å². The van der Waals surface area contributed by atoms with Crippen LogP contribution in [0, 0.1) is 0 Å². The van der Waals surface area contributed by atoms with E-state index in [-0.39, 0.29) is 6.10 Å². The summed E-state index contributed by atoms with van der Waals surface area (Å²) in [5.74, 6) is 0.736. The molecule has 0 bridgehead atoms. The van der Waals surface area contributed by atoms with Crippen molar-refractivity contribution in [2.75, 3.05) is 0 Å². The highest BCUT2D eigenvalue weighted by atomic mass is 35.5. The Morgan fingerprint density at radius 2 is 2.19 bits per heavy atom. The number of halogens is 1. The predicted molar refractivity (Wildman–Crippen MR) is 80.4 cm³/mol. The van der Waals surface area contributed by atoms with Gasteiger partial charge in [-0.2, -0.15) is 5.10 Å². The number of aliphatic hydroxyl groups is 1. The SMILES string of the molecule is CC(C)(O)Cn1cc(-c2cnc(Cl)cc2OC2CC2)cn1. The summed E-state index contributed by atoms with van der Waals surface area (Å²) < 4.78 is 7.60. The van der Waals surface area contributed by atoms with E-state index in [4.69, 9.17) is 16.3 Å². The van der Waals surface area contributed by atoms with Crippen molar-refractivity contribution in [3.8, 4) is 16.9 Å². The summed E-state index contributed by atoms with van der Waals surface area (Å²) in [7, 11) is 0. The summed E-state index contributed by atoms with van der Waals surface area (Å²) in [4.78, 5) is 4.13. The Morgan fingerprint density at radius 3 is 2.86 bits per heavy atom. The molecule has 0 amide bonds. The predicted octanol–water partition coefficient (Wildman–Crippen LogP) is 2.91. The van der Waals surface area contributed by atoms with Crippen LogP contribution in [0.25, 0.3) is 11.1 Å². The van der Waals surface area contributed by atoms with Gasteiger partial charge in [0.15, 0.2) is 0 Å². The van der Waals surface area contributed by atoms with Crippen LogP contribution < -0.4 is 4.74 Å². The summed E-state index contributed by atoms with van der Waals surface area (Å²) in [5, 5.41) is 14.5. The molecule has 2 heterocycles. The lowest BCUT2D eigenvalue weighted by molar-refractivity contribution is 0.0577. The molecular formula is C15H18ClN3O2. The molecule has 5 nitrogen and oxygen atoms in total. The van der Waals surface area contributed by atoms with E-state index in [0.29, 0.717) is 11.7 Å². The summed E-state index contributed by atoms with van der Waals surface area (Å²) >= 11 is 5.96. The Kier molecular flexibility index (Phi) is 3.63. The van der Waals surface area contributed by atoms with Crippen LogP contribution in [0.1, 0.15) is 26.7 Å². The molecule has 1 N–H and O–H groups in total. The summed E-state index contributed by atoms with van der Waals surface area (Å²) in [6.45, 7) is 3.92. The van der Waals surface area contributed by atoms with Gasteiger partial charge in [0.1, 0.15) is 10.9 Å². The lowest BCUT2D eigenvalue weighted by Gasteiger charge is -2.16. The first-order valence-corrected chi connectivity index (χ1v) is 7.36. The molecule has 2 aromatic rings. The maximum Gasteiger partial charge on any atom is 0.132 e. The molecule has 0 spiro atoms. The lowest BCUT2D eigenvalue weighted by Crippen LogP contribution is -2.26. The second-order valence-electron chi connectivity index (χ2n) is 6.06. The standard InChI is InChI=1S/C15H18ClN3O2/c1-15(2,20)9-19-8-10(6-18-19)12-7-17-14(16)5-13(12)21-11-3-4-11/h5-8,11,20H,3-4,9H2,1-2H3. The Bertz CT molecular complexity index is 645. The third-order valence-corrected chi connectivity index (χ3v) is 3.35. The van der Waals surface area contributed by atoms with Gasteiger partial charge in [-0.05, 0) is 26.7 Å². The van der Waals surface area contributed by atoms with Crippen LogP contribution in [0.2, 0.25) is 5.15 Å². The van der Waals surface area contributed by atoms with Crippen LogP contribution in [0.15, 0.2) is 24.7 Å². The van der Waals surface area contributed by atoms with Crippen LogP contribution in [-0.4, -0.2) is 31.6 Å². The van der Waals surface area contributed by atoms with Crippen molar-refractivity contribution in [2.45, 2.75) is 44.9 Å². The van der Waals surface area contributed by atoms with Gasteiger partial charge in [0.05, 0.1) is 24.4 Å². The van der Waals surface area contributed by atoms with E-state index < -0.39 is 5.60 Å². The molecule has 1 saturated carbocycles. The highest BCUT2D eigenvalue weighted by Gasteiger charge is 2.25. The van der Waals surface area contributed by atoms with E-state index in [1.54, 1.807) is 37.0 Å². The van der Waals surface area contributed by atoms with Gasteiger partial charge < -0.3 is 9.84 Å². The highest BCUT2D eigenvalue weighted by Crippen LogP contribution is 2.35. The van der Waals surface area contributed by atoms with Crippen LogP contribution >= 0.6 is 11.6 Å². The number of rotatable bonds is 5. The molecule has 0 aliphatic heterocycles. The molecule has 0 radical (unpaired) electrons. The Labute approximate surface area is 128 Å². The van der Waals surface area contributed by atoms with E-state index in [2.05, 4.69) is 10.1 Å². The monoisotopic (exact) mass is 307 g/mol. The largest absolute Gasteiger partial charge is 0.490 e. The average Bonchev–Trinajstić information content (AvgIpc) is 3.06. The first-order valence-electron chi connectivity index (χ1n) is 6.98. The third-order valence-electron chi connectivity index (χ3n) is 3.14. The molecule has 1 aliphatic rings. The molecule has 1 fully saturated rings. The number of hydrogen-bond donors (Lipinski definition) is 1. The molecule has 0 unspecified atom stereocenters. The molecule has 0 atom stereocenters. The first kappa shape index (κ1) is 14.4. The van der Waals surface area contributed by atoms with Crippen molar-refractivity contribution in [1.29, 1.82) is 0 Å². The Balaban J connectivity index is 1.89. The maximum atomic E-state index is 9.85. The molecule has 2 aromatic heterocycles. The Hall–Kier alpha value is -1.59. The fourth-order valence-electron chi connectivity index (χ4n) is 2.08. The van der Waals surface area contributed by atoms with Gasteiger partial charge in [0.25, 0.3) is 0 Å². The molecule has 1 aliphatic carbocycles. The minimum Gasteiger partial charge on any atom is -0.490 e. The second-order valence-corrected chi connectivity index (χ2v) is 6.45. The summed E-state index contributed by atoms with van der Waals surface area (Å²) in [5.41, 5.74) is 0.960. The molecule has 21 heavy (non-hydrogen) atoms. The molecular weight excluding hydrogens is 290 g/mol. The van der Waals surface area contributed by atoms with Crippen LogP contribution in [0.3, 0.4) is 0 Å². The number of pyridine rings is 1. The minimum atomic E-state index is -0.811. The molecule has 112 valence electrons. The number of hydrogen-bond acceptors (Lipinski definition) is 4. The van der Waals surface area contributed by atoms with Crippen LogP contribution in [0.4, 0.5) is 0 Å². The van der Waals surface area contributed by atoms with Crippen molar-refractivity contribution in [3.63, 3.8) is 0 Å². The smallest absolute Gasteiger partial charge is 0.132 e. The van der Waals surface area contributed by atoms with Crippen molar-refractivity contribution >= 4 is 11.6 Å². The number of nitrogens with zero attached hydrogens (tertiary/aromatic N) is 3. The second kappa shape index (κ2) is 5.31. The van der Waals surface area contributed by atoms with Crippen molar-refractivity contribution < 1.29 is 9.84 Å². The van der Waals surface area contributed by atoms with Crippen LogP contribution in [-0.2, 0) is 6.54 Å². The lowest BCUT2D eigenvalue weighted by atomic mass is 10.1. The fraction of sp³-hybridized carbons (Fsp3) is 0.467. The van der Waals surface area contributed by atoms with E-state index in [1.165, 1.54) is 0 Å². The third kappa shape index (κ3) is 3.74. The summed E-state index contributed by atoms with van der Waals surface area (Å²) in [6, 6.07) is 1.74.